The van der Waals surface area contributed by atoms with Gasteiger partial charge in [-0.1, -0.05) is 13.0 Å². The van der Waals surface area contributed by atoms with Crippen molar-refractivity contribution in [2.45, 2.75) is 19.8 Å². The van der Waals surface area contributed by atoms with Crippen LogP contribution in [0, 0.1) is 5.92 Å². The monoisotopic (exact) mass is 274 g/mol. The van der Waals surface area contributed by atoms with E-state index in [9.17, 15) is 9.59 Å². The van der Waals surface area contributed by atoms with E-state index in [-0.39, 0.29) is 17.7 Å². The van der Waals surface area contributed by atoms with Gasteiger partial charge in [-0.15, -0.1) is 0 Å². The fraction of sp³-hybridized carbons (Fsp3) is 0.333. The van der Waals surface area contributed by atoms with Crippen LogP contribution in [0.15, 0.2) is 34.9 Å². The maximum atomic E-state index is 12.1. The smallest absolute Gasteiger partial charge is 0.252 e. The van der Waals surface area contributed by atoms with E-state index < -0.39 is 0 Å². The molecule has 0 aliphatic rings. The van der Waals surface area contributed by atoms with Crippen molar-refractivity contribution in [3.8, 4) is 0 Å². The molecule has 0 saturated heterocycles. The van der Waals surface area contributed by atoms with Crippen LogP contribution >= 0.6 is 0 Å². The maximum absolute atomic E-state index is 12.1. The number of amides is 2. The number of benzene rings is 1. The van der Waals surface area contributed by atoms with Gasteiger partial charge >= 0.3 is 0 Å². The lowest BCUT2D eigenvalue weighted by molar-refractivity contribution is -0.121. The summed E-state index contributed by atoms with van der Waals surface area (Å²) in [6.07, 6.45) is 2.96. The van der Waals surface area contributed by atoms with Gasteiger partial charge in [0.2, 0.25) is 5.91 Å². The first-order valence-corrected chi connectivity index (χ1v) is 6.63. The lowest BCUT2D eigenvalue weighted by atomic mass is 10.1. The highest BCUT2D eigenvalue weighted by Gasteiger charge is 2.12. The Balaban J connectivity index is 1.89. The first-order chi connectivity index (χ1) is 9.59. The molecular formula is C15H18N2O3. The summed E-state index contributed by atoms with van der Waals surface area (Å²) in [6, 6.07) is 7.15. The molecule has 0 aliphatic carbocycles. The minimum absolute atomic E-state index is 0.135. The summed E-state index contributed by atoms with van der Waals surface area (Å²) in [6.45, 7) is 2.31. The first-order valence-electron chi connectivity index (χ1n) is 6.63. The minimum Gasteiger partial charge on any atom is -0.464 e. The zero-order chi connectivity index (χ0) is 14.5. The number of furan rings is 1. The Morgan fingerprint density at radius 3 is 2.90 bits per heavy atom. The number of hydrogen-bond acceptors (Lipinski definition) is 3. The van der Waals surface area contributed by atoms with E-state index in [4.69, 9.17) is 10.2 Å². The fourth-order valence-electron chi connectivity index (χ4n) is 2.04. The van der Waals surface area contributed by atoms with Crippen molar-refractivity contribution in [3.63, 3.8) is 0 Å². The fourth-order valence-corrected chi connectivity index (χ4v) is 2.04. The van der Waals surface area contributed by atoms with Crippen molar-refractivity contribution in [2.75, 3.05) is 6.54 Å². The van der Waals surface area contributed by atoms with Crippen LogP contribution in [-0.4, -0.2) is 18.4 Å². The number of nitrogens with one attached hydrogen (secondary N) is 1. The van der Waals surface area contributed by atoms with Crippen molar-refractivity contribution in [3.05, 3.63) is 36.1 Å². The quantitative estimate of drug-likeness (QED) is 0.791. The molecule has 2 rings (SSSR count). The largest absolute Gasteiger partial charge is 0.464 e. The maximum Gasteiger partial charge on any atom is 0.252 e. The van der Waals surface area contributed by atoms with Crippen molar-refractivity contribution in [2.24, 2.45) is 11.7 Å². The Labute approximate surface area is 117 Å². The SMILES string of the molecule is C[C@@H](CCCNC(=O)c1cccc2occc12)C(N)=O. The van der Waals surface area contributed by atoms with Crippen LogP contribution in [0.4, 0.5) is 0 Å². The number of carbonyl (C=O) groups is 2. The van der Waals surface area contributed by atoms with Crippen molar-refractivity contribution in [1.82, 2.24) is 5.32 Å². The van der Waals surface area contributed by atoms with Crippen LogP contribution in [0.25, 0.3) is 11.0 Å². The Bertz CT molecular complexity index is 618. The van der Waals surface area contributed by atoms with Crippen LogP contribution in [0.2, 0.25) is 0 Å². The zero-order valence-corrected chi connectivity index (χ0v) is 11.4. The summed E-state index contributed by atoms with van der Waals surface area (Å²) in [7, 11) is 0. The van der Waals surface area contributed by atoms with Gasteiger partial charge in [-0.3, -0.25) is 9.59 Å². The second-order valence-corrected chi connectivity index (χ2v) is 4.84. The van der Waals surface area contributed by atoms with Gasteiger partial charge in [0.25, 0.3) is 5.91 Å². The van der Waals surface area contributed by atoms with Gasteiger partial charge in [0.05, 0.1) is 11.8 Å². The molecule has 20 heavy (non-hydrogen) atoms. The molecule has 1 heterocycles. The number of hydrogen-bond donors (Lipinski definition) is 2. The number of rotatable bonds is 6. The van der Waals surface area contributed by atoms with Gasteiger partial charge in [-0.2, -0.15) is 0 Å². The highest BCUT2D eigenvalue weighted by molar-refractivity contribution is 6.05. The lowest BCUT2D eigenvalue weighted by Crippen LogP contribution is -2.26. The summed E-state index contributed by atoms with van der Waals surface area (Å²) in [5.74, 6) is -0.604. The topological polar surface area (TPSA) is 85.3 Å². The first kappa shape index (κ1) is 14.1. The van der Waals surface area contributed by atoms with Crippen molar-refractivity contribution in [1.29, 1.82) is 0 Å². The molecule has 0 unspecified atom stereocenters. The van der Waals surface area contributed by atoms with Gasteiger partial charge in [0.1, 0.15) is 5.58 Å². The van der Waals surface area contributed by atoms with Gasteiger partial charge in [-0.05, 0) is 31.0 Å². The van der Waals surface area contributed by atoms with Gasteiger partial charge in [0, 0.05) is 17.8 Å². The number of nitrogens with two attached hydrogens (primary N) is 1. The molecule has 5 nitrogen and oxygen atoms in total. The van der Waals surface area contributed by atoms with E-state index in [0.717, 1.165) is 11.8 Å². The van der Waals surface area contributed by atoms with Crippen LogP contribution in [0.1, 0.15) is 30.1 Å². The van der Waals surface area contributed by atoms with Gasteiger partial charge < -0.3 is 15.5 Å². The third-order valence-electron chi connectivity index (χ3n) is 3.33. The third kappa shape index (κ3) is 3.17. The predicted molar refractivity (Wildman–Crippen MR) is 76.1 cm³/mol. The van der Waals surface area contributed by atoms with Gasteiger partial charge in [-0.25, -0.2) is 0 Å². The molecule has 1 aromatic heterocycles. The average Bonchev–Trinajstić information content (AvgIpc) is 2.90. The second-order valence-electron chi connectivity index (χ2n) is 4.84. The van der Waals surface area contributed by atoms with E-state index in [2.05, 4.69) is 5.32 Å². The molecule has 2 amide bonds. The Morgan fingerprint density at radius 2 is 2.15 bits per heavy atom. The molecular weight excluding hydrogens is 256 g/mol. The normalized spacial score (nSPS) is 12.2. The summed E-state index contributed by atoms with van der Waals surface area (Å²) in [4.78, 5) is 23.0. The van der Waals surface area contributed by atoms with Crippen LogP contribution in [-0.2, 0) is 4.79 Å². The highest BCUT2D eigenvalue weighted by atomic mass is 16.3. The predicted octanol–water partition coefficient (Wildman–Crippen LogP) is 2.06. The van der Waals surface area contributed by atoms with E-state index >= 15 is 0 Å². The average molecular weight is 274 g/mol. The molecule has 106 valence electrons. The summed E-state index contributed by atoms with van der Waals surface area (Å²) < 4.78 is 5.26. The van der Waals surface area contributed by atoms with Gasteiger partial charge in [0.15, 0.2) is 0 Å². The summed E-state index contributed by atoms with van der Waals surface area (Å²) >= 11 is 0. The van der Waals surface area contributed by atoms with E-state index in [0.29, 0.717) is 24.1 Å². The molecule has 0 bridgehead atoms. The van der Waals surface area contributed by atoms with Crippen LogP contribution < -0.4 is 11.1 Å². The zero-order valence-electron chi connectivity index (χ0n) is 11.4. The molecule has 1 atom stereocenters. The molecule has 3 N–H and O–H groups in total. The summed E-state index contributed by atoms with van der Waals surface area (Å²) in [5.41, 5.74) is 6.47. The number of fused-ring (bicyclic) bond motifs is 1. The minimum atomic E-state index is -0.306. The molecule has 0 aliphatic heterocycles. The second kappa shape index (κ2) is 6.23. The summed E-state index contributed by atoms with van der Waals surface area (Å²) in [5, 5.41) is 3.64. The Hall–Kier alpha value is -2.30. The molecule has 0 radical (unpaired) electrons. The van der Waals surface area contributed by atoms with Crippen molar-refractivity contribution >= 4 is 22.8 Å². The highest BCUT2D eigenvalue weighted by Crippen LogP contribution is 2.19. The number of carbonyl (C=O) groups excluding carboxylic acids is 2. The van der Waals surface area contributed by atoms with E-state index in [1.807, 2.05) is 6.07 Å². The molecule has 0 spiro atoms. The van der Waals surface area contributed by atoms with E-state index in [1.54, 1.807) is 31.4 Å². The molecule has 1 aromatic carbocycles. The van der Waals surface area contributed by atoms with Crippen LogP contribution in [0.3, 0.4) is 0 Å². The third-order valence-corrected chi connectivity index (χ3v) is 3.33. The van der Waals surface area contributed by atoms with E-state index in [1.165, 1.54) is 0 Å². The molecule has 2 aromatic rings. The Morgan fingerprint density at radius 1 is 1.35 bits per heavy atom. The number of primary amides is 1. The molecule has 0 fully saturated rings. The lowest BCUT2D eigenvalue weighted by Gasteiger charge is -2.08. The standard InChI is InChI=1S/C15H18N2O3/c1-10(14(16)18)4-3-8-17-15(19)12-5-2-6-13-11(12)7-9-20-13/h2,5-7,9-10H,3-4,8H2,1H3,(H2,16,18)(H,17,19)/t10-/m0/s1. The Kier molecular flexibility index (Phi) is 4.40. The van der Waals surface area contributed by atoms with Crippen LogP contribution in [0.5, 0.6) is 0 Å². The molecule has 0 saturated carbocycles. The molecule has 5 heteroatoms. The van der Waals surface area contributed by atoms with Crippen molar-refractivity contribution < 1.29 is 14.0 Å².